The van der Waals surface area contributed by atoms with Crippen molar-refractivity contribution in [2.75, 3.05) is 33.3 Å². The maximum absolute atomic E-state index is 10.8. The largest absolute Gasteiger partial charge is 0.496 e. The van der Waals surface area contributed by atoms with Crippen LogP contribution in [0.1, 0.15) is 11.1 Å². The molecule has 0 spiro atoms. The normalized spacial score (nSPS) is 15.5. The molecule has 1 aliphatic rings. The lowest BCUT2D eigenvalue weighted by molar-refractivity contribution is -0.384. The Labute approximate surface area is 170 Å². The summed E-state index contributed by atoms with van der Waals surface area (Å²) in [4.78, 5) is 15.3. The molecule has 0 bridgehead atoms. The van der Waals surface area contributed by atoms with Gasteiger partial charge in [0.2, 0.25) is 0 Å². The van der Waals surface area contributed by atoms with E-state index >= 15 is 0 Å². The molecule has 0 unspecified atom stereocenters. The van der Waals surface area contributed by atoms with Crippen LogP contribution in [0.3, 0.4) is 0 Å². The fraction of sp³-hybridized carbons (Fsp3) is 0.304. The van der Waals surface area contributed by atoms with Crippen molar-refractivity contribution in [3.63, 3.8) is 0 Å². The van der Waals surface area contributed by atoms with Crippen LogP contribution >= 0.6 is 0 Å². The number of methoxy groups -OCH3 is 1. The van der Waals surface area contributed by atoms with Crippen LogP contribution in [-0.4, -0.2) is 48.0 Å². The molecule has 1 aliphatic heterocycles. The van der Waals surface area contributed by atoms with Gasteiger partial charge in [0.05, 0.1) is 12.0 Å². The Morgan fingerprint density at radius 2 is 1.48 bits per heavy atom. The van der Waals surface area contributed by atoms with E-state index in [0.717, 1.165) is 56.0 Å². The zero-order valence-electron chi connectivity index (χ0n) is 16.6. The molecule has 0 aliphatic carbocycles. The van der Waals surface area contributed by atoms with Crippen molar-refractivity contribution in [3.8, 4) is 5.75 Å². The fourth-order valence-electron chi connectivity index (χ4n) is 3.98. The predicted octanol–water partition coefficient (Wildman–Crippen LogP) is 4.07. The van der Waals surface area contributed by atoms with Crippen LogP contribution in [0, 0.1) is 10.1 Å². The summed E-state index contributed by atoms with van der Waals surface area (Å²) >= 11 is 0. The molecule has 0 aromatic heterocycles. The minimum atomic E-state index is -0.356. The molecule has 29 heavy (non-hydrogen) atoms. The van der Waals surface area contributed by atoms with Gasteiger partial charge in [-0.25, -0.2) is 0 Å². The number of nitrogens with zero attached hydrogens (tertiary/aromatic N) is 3. The van der Waals surface area contributed by atoms with Crippen LogP contribution in [0.4, 0.5) is 5.69 Å². The number of hydrogen-bond acceptors (Lipinski definition) is 5. The SMILES string of the molecule is COc1ccc(CN2CCN(Cc3ccc([N+](=O)[O-])cc3)CC2)c2ccccc12. The lowest BCUT2D eigenvalue weighted by atomic mass is 10.0. The van der Waals surface area contributed by atoms with E-state index < -0.39 is 0 Å². The summed E-state index contributed by atoms with van der Waals surface area (Å²) in [5, 5.41) is 13.2. The van der Waals surface area contributed by atoms with E-state index in [2.05, 4.69) is 40.1 Å². The lowest BCUT2D eigenvalue weighted by Gasteiger charge is -2.35. The molecular weight excluding hydrogens is 366 g/mol. The first kappa shape index (κ1) is 19.4. The summed E-state index contributed by atoms with van der Waals surface area (Å²) in [7, 11) is 1.71. The molecule has 4 rings (SSSR count). The van der Waals surface area contributed by atoms with Crippen LogP contribution in [-0.2, 0) is 13.1 Å². The topological polar surface area (TPSA) is 58.8 Å². The smallest absolute Gasteiger partial charge is 0.269 e. The molecule has 6 nitrogen and oxygen atoms in total. The number of ether oxygens (including phenoxy) is 1. The molecule has 0 radical (unpaired) electrons. The summed E-state index contributed by atoms with van der Waals surface area (Å²) in [5.41, 5.74) is 2.58. The van der Waals surface area contributed by atoms with Gasteiger partial charge in [0.15, 0.2) is 0 Å². The highest BCUT2D eigenvalue weighted by atomic mass is 16.6. The molecular formula is C23H25N3O3. The minimum absolute atomic E-state index is 0.144. The van der Waals surface area contributed by atoms with Gasteiger partial charge in [-0.15, -0.1) is 0 Å². The molecule has 3 aromatic rings. The van der Waals surface area contributed by atoms with Gasteiger partial charge in [0.25, 0.3) is 5.69 Å². The second-order valence-corrected chi connectivity index (χ2v) is 7.45. The minimum Gasteiger partial charge on any atom is -0.496 e. The summed E-state index contributed by atoms with van der Waals surface area (Å²) in [5.74, 6) is 0.914. The first-order valence-corrected chi connectivity index (χ1v) is 9.87. The Morgan fingerprint density at radius 3 is 2.10 bits per heavy atom. The monoisotopic (exact) mass is 391 g/mol. The number of piperazine rings is 1. The van der Waals surface area contributed by atoms with E-state index in [1.807, 2.05) is 18.2 Å². The molecule has 1 saturated heterocycles. The highest BCUT2D eigenvalue weighted by Crippen LogP contribution is 2.29. The number of non-ortho nitro benzene ring substituents is 1. The number of nitro groups is 1. The van der Waals surface area contributed by atoms with E-state index in [4.69, 9.17) is 4.74 Å². The van der Waals surface area contributed by atoms with E-state index in [1.54, 1.807) is 19.2 Å². The standard InChI is InChI=1S/C23H25N3O3/c1-29-23-11-8-19(21-4-2-3-5-22(21)23)17-25-14-12-24(13-15-25)16-18-6-9-20(10-7-18)26(27)28/h2-11H,12-17H2,1H3. The Bertz CT molecular complexity index is 996. The van der Waals surface area contributed by atoms with Gasteiger partial charge in [0.1, 0.15) is 5.75 Å². The van der Waals surface area contributed by atoms with E-state index in [9.17, 15) is 10.1 Å². The molecule has 0 saturated carbocycles. The van der Waals surface area contributed by atoms with Crippen molar-refractivity contribution in [2.45, 2.75) is 13.1 Å². The van der Waals surface area contributed by atoms with E-state index in [0.29, 0.717) is 0 Å². The number of rotatable bonds is 6. The van der Waals surface area contributed by atoms with Crippen LogP contribution in [0.5, 0.6) is 5.75 Å². The first-order valence-electron chi connectivity index (χ1n) is 9.87. The first-order chi connectivity index (χ1) is 14.1. The number of fused-ring (bicyclic) bond motifs is 1. The highest BCUT2D eigenvalue weighted by Gasteiger charge is 2.18. The summed E-state index contributed by atoms with van der Waals surface area (Å²) in [6, 6.07) is 19.5. The molecule has 0 N–H and O–H groups in total. The Kier molecular flexibility index (Phi) is 5.74. The van der Waals surface area contributed by atoms with Crippen molar-refractivity contribution >= 4 is 16.5 Å². The molecule has 1 heterocycles. The second-order valence-electron chi connectivity index (χ2n) is 7.45. The number of nitro benzene ring substituents is 1. The molecule has 1 fully saturated rings. The van der Waals surface area contributed by atoms with Gasteiger partial charge in [-0.05, 0) is 22.6 Å². The maximum atomic E-state index is 10.8. The third kappa shape index (κ3) is 4.39. The fourth-order valence-corrected chi connectivity index (χ4v) is 3.98. The summed E-state index contributed by atoms with van der Waals surface area (Å²) < 4.78 is 5.51. The second kappa shape index (κ2) is 8.59. The molecule has 0 amide bonds. The Balaban J connectivity index is 1.37. The average Bonchev–Trinajstić information content (AvgIpc) is 2.76. The van der Waals surface area contributed by atoms with Crippen LogP contribution < -0.4 is 4.74 Å². The van der Waals surface area contributed by atoms with Crippen LogP contribution in [0.15, 0.2) is 60.7 Å². The summed E-state index contributed by atoms with van der Waals surface area (Å²) in [6.07, 6.45) is 0. The maximum Gasteiger partial charge on any atom is 0.269 e. The van der Waals surface area contributed by atoms with Gasteiger partial charge in [0, 0.05) is 56.8 Å². The van der Waals surface area contributed by atoms with Gasteiger partial charge >= 0.3 is 0 Å². The van der Waals surface area contributed by atoms with E-state index in [-0.39, 0.29) is 10.6 Å². The average molecular weight is 391 g/mol. The van der Waals surface area contributed by atoms with Crippen molar-refractivity contribution in [2.24, 2.45) is 0 Å². The molecule has 6 heteroatoms. The Morgan fingerprint density at radius 1 is 0.862 bits per heavy atom. The molecule has 0 atom stereocenters. The van der Waals surface area contributed by atoms with Gasteiger partial charge in [-0.3, -0.25) is 19.9 Å². The van der Waals surface area contributed by atoms with Crippen molar-refractivity contribution in [1.82, 2.24) is 9.80 Å². The zero-order valence-corrected chi connectivity index (χ0v) is 16.6. The van der Waals surface area contributed by atoms with Gasteiger partial charge in [-0.2, -0.15) is 0 Å². The zero-order chi connectivity index (χ0) is 20.2. The highest BCUT2D eigenvalue weighted by molar-refractivity contribution is 5.91. The third-order valence-electron chi connectivity index (χ3n) is 5.61. The molecule has 3 aromatic carbocycles. The molecule has 150 valence electrons. The van der Waals surface area contributed by atoms with Crippen LogP contribution in [0.2, 0.25) is 0 Å². The van der Waals surface area contributed by atoms with Gasteiger partial charge < -0.3 is 4.74 Å². The summed E-state index contributed by atoms with van der Waals surface area (Å²) in [6.45, 7) is 5.75. The third-order valence-corrected chi connectivity index (χ3v) is 5.61. The Hall–Kier alpha value is -2.96. The lowest BCUT2D eigenvalue weighted by Crippen LogP contribution is -2.45. The van der Waals surface area contributed by atoms with E-state index in [1.165, 1.54) is 10.9 Å². The van der Waals surface area contributed by atoms with Gasteiger partial charge in [-0.1, -0.05) is 42.5 Å². The number of hydrogen-bond donors (Lipinski definition) is 0. The van der Waals surface area contributed by atoms with Crippen LogP contribution in [0.25, 0.3) is 10.8 Å². The van der Waals surface area contributed by atoms with Crippen molar-refractivity contribution < 1.29 is 9.66 Å². The predicted molar refractivity (Wildman–Crippen MR) is 114 cm³/mol. The van der Waals surface area contributed by atoms with Crippen molar-refractivity contribution in [1.29, 1.82) is 0 Å². The van der Waals surface area contributed by atoms with Crippen molar-refractivity contribution in [3.05, 3.63) is 81.9 Å². The number of benzene rings is 3. The quantitative estimate of drug-likeness (QED) is 0.468.